The minimum Gasteiger partial charge on any atom is -0.356 e. The molecule has 1 aliphatic rings. The van der Waals surface area contributed by atoms with Crippen LogP contribution in [0.5, 0.6) is 0 Å². The number of aromatic nitrogens is 2. The van der Waals surface area contributed by atoms with Crippen molar-refractivity contribution in [1.82, 2.24) is 20.4 Å². The Kier molecular flexibility index (Phi) is 4.80. The average Bonchev–Trinajstić information content (AvgIpc) is 3.01. The topological polar surface area (TPSA) is 97.6 Å². The number of ether oxygens (including phenoxy) is 1. The molecule has 25 heavy (non-hydrogen) atoms. The van der Waals surface area contributed by atoms with Crippen molar-refractivity contribution >= 4 is 11.8 Å². The second-order valence-electron chi connectivity index (χ2n) is 5.99. The molecule has 0 saturated carbocycles. The number of carbonyl (C=O) groups excluding carboxylic acids is 2. The number of rotatable bonds is 4. The number of likely N-dealkylation sites (N-methyl/N-ethyl adjacent to an activating group) is 1. The number of carbonyl (C=O) groups is 2. The molecule has 0 aliphatic carbocycles. The van der Waals surface area contributed by atoms with Gasteiger partial charge in [0.25, 0.3) is 5.91 Å². The number of amides is 2. The summed E-state index contributed by atoms with van der Waals surface area (Å²) in [7, 11) is 1.69. The van der Waals surface area contributed by atoms with E-state index < -0.39 is 12.1 Å². The van der Waals surface area contributed by atoms with Gasteiger partial charge in [0.2, 0.25) is 11.8 Å². The van der Waals surface area contributed by atoms with Crippen molar-refractivity contribution in [3.63, 3.8) is 0 Å². The number of hydrogen-bond donors (Lipinski definition) is 1. The lowest BCUT2D eigenvalue weighted by molar-refractivity contribution is -0.162. The van der Waals surface area contributed by atoms with Gasteiger partial charge in [-0.25, -0.2) is 0 Å². The van der Waals surface area contributed by atoms with Gasteiger partial charge in [0, 0.05) is 14.0 Å². The maximum absolute atomic E-state index is 12.7. The zero-order valence-corrected chi connectivity index (χ0v) is 14.4. The van der Waals surface area contributed by atoms with Crippen LogP contribution in [0, 0.1) is 13.8 Å². The van der Waals surface area contributed by atoms with E-state index in [4.69, 9.17) is 9.26 Å². The number of morpholine rings is 1. The van der Waals surface area contributed by atoms with Gasteiger partial charge in [0.1, 0.15) is 6.61 Å². The third kappa shape index (κ3) is 3.53. The molecule has 8 nitrogen and oxygen atoms in total. The second kappa shape index (κ2) is 7.02. The quantitative estimate of drug-likeness (QED) is 0.885. The van der Waals surface area contributed by atoms with Crippen LogP contribution in [-0.4, -0.2) is 46.6 Å². The maximum atomic E-state index is 12.7. The molecular weight excluding hydrogens is 324 g/mol. The van der Waals surface area contributed by atoms with Gasteiger partial charge in [-0.15, -0.1) is 0 Å². The molecule has 1 saturated heterocycles. The van der Waals surface area contributed by atoms with Crippen LogP contribution < -0.4 is 5.32 Å². The van der Waals surface area contributed by atoms with Gasteiger partial charge in [-0.2, -0.15) is 4.98 Å². The number of aryl methyl sites for hydroxylation is 2. The molecular formula is C17H20N4O4. The normalized spacial score (nSPS) is 20.6. The van der Waals surface area contributed by atoms with E-state index >= 15 is 0 Å². The smallest absolute Gasteiger partial charge is 0.252 e. The number of benzene rings is 1. The van der Waals surface area contributed by atoms with Gasteiger partial charge < -0.3 is 19.5 Å². The van der Waals surface area contributed by atoms with E-state index in [9.17, 15) is 9.59 Å². The summed E-state index contributed by atoms with van der Waals surface area (Å²) < 4.78 is 10.5. The summed E-state index contributed by atoms with van der Waals surface area (Å²) >= 11 is 0. The Bertz CT molecular complexity index is 788. The standard InChI is InChI=1S/C17H20N4O4/c1-10-6-4-5-7-12(10)15-16(24-9-14(22)21(15)3)17(23)18-8-13-19-11(2)25-20-13/h4-7,15-16H,8-9H2,1-3H3,(H,18,23)/t15-,16+/m1/s1. The largest absolute Gasteiger partial charge is 0.356 e. The molecule has 132 valence electrons. The van der Waals surface area contributed by atoms with Crippen molar-refractivity contribution in [1.29, 1.82) is 0 Å². The Morgan fingerprint density at radius 3 is 2.80 bits per heavy atom. The second-order valence-corrected chi connectivity index (χ2v) is 5.99. The van der Waals surface area contributed by atoms with Crippen LogP contribution >= 0.6 is 0 Å². The minimum atomic E-state index is -0.809. The fourth-order valence-corrected chi connectivity index (χ4v) is 2.90. The van der Waals surface area contributed by atoms with Crippen LogP contribution in [-0.2, 0) is 20.9 Å². The Morgan fingerprint density at radius 2 is 2.12 bits per heavy atom. The van der Waals surface area contributed by atoms with E-state index in [1.165, 1.54) is 0 Å². The number of hydrogen-bond acceptors (Lipinski definition) is 6. The summed E-state index contributed by atoms with van der Waals surface area (Å²) in [6.07, 6.45) is -0.809. The molecule has 1 fully saturated rings. The van der Waals surface area contributed by atoms with Crippen LogP contribution in [0.4, 0.5) is 0 Å². The molecule has 2 atom stereocenters. The highest BCUT2D eigenvalue weighted by Crippen LogP contribution is 2.31. The van der Waals surface area contributed by atoms with Crippen molar-refractivity contribution in [3.8, 4) is 0 Å². The summed E-state index contributed by atoms with van der Waals surface area (Å²) in [5, 5.41) is 6.49. The van der Waals surface area contributed by atoms with Crippen LogP contribution in [0.2, 0.25) is 0 Å². The Balaban J connectivity index is 1.80. The monoisotopic (exact) mass is 344 g/mol. The summed E-state index contributed by atoms with van der Waals surface area (Å²) in [5.74, 6) is 0.334. The SMILES string of the molecule is Cc1nc(CNC(=O)[C@H]2OCC(=O)N(C)[C@@H]2c2ccccc2C)no1. The van der Waals surface area contributed by atoms with Crippen molar-refractivity contribution < 1.29 is 18.8 Å². The highest BCUT2D eigenvalue weighted by Gasteiger charge is 2.40. The predicted octanol–water partition coefficient (Wildman–Crippen LogP) is 0.901. The van der Waals surface area contributed by atoms with Gasteiger partial charge in [0.15, 0.2) is 11.9 Å². The lowest BCUT2D eigenvalue weighted by atomic mass is 9.94. The molecule has 1 aromatic carbocycles. The van der Waals surface area contributed by atoms with E-state index in [0.717, 1.165) is 11.1 Å². The molecule has 0 unspecified atom stereocenters. The van der Waals surface area contributed by atoms with Gasteiger partial charge in [-0.1, -0.05) is 29.4 Å². The molecule has 0 spiro atoms. The highest BCUT2D eigenvalue weighted by molar-refractivity contribution is 5.86. The van der Waals surface area contributed by atoms with Gasteiger partial charge in [0.05, 0.1) is 12.6 Å². The summed E-state index contributed by atoms with van der Waals surface area (Å²) in [6.45, 7) is 3.63. The molecule has 1 N–H and O–H groups in total. The third-order valence-corrected chi connectivity index (χ3v) is 4.24. The van der Waals surface area contributed by atoms with E-state index in [1.54, 1.807) is 18.9 Å². The molecule has 3 rings (SSSR count). The first-order chi connectivity index (χ1) is 12.0. The highest BCUT2D eigenvalue weighted by atomic mass is 16.5. The third-order valence-electron chi connectivity index (χ3n) is 4.24. The summed E-state index contributed by atoms with van der Waals surface area (Å²) in [5.41, 5.74) is 1.87. The van der Waals surface area contributed by atoms with Crippen LogP contribution in [0.1, 0.15) is 28.9 Å². The molecule has 2 aromatic rings. The molecule has 0 radical (unpaired) electrons. The Labute approximate surface area is 145 Å². The van der Waals surface area contributed by atoms with E-state index in [0.29, 0.717) is 11.7 Å². The Hall–Kier alpha value is -2.74. The zero-order valence-electron chi connectivity index (χ0n) is 14.4. The van der Waals surface area contributed by atoms with Crippen molar-refractivity contribution in [2.75, 3.05) is 13.7 Å². The minimum absolute atomic E-state index is 0.127. The number of nitrogens with zero attached hydrogens (tertiary/aromatic N) is 3. The fourth-order valence-electron chi connectivity index (χ4n) is 2.90. The van der Waals surface area contributed by atoms with E-state index in [-0.39, 0.29) is 25.0 Å². The molecule has 1 aromatic heterocycles. The lowest BCUT2D eigenvalue weighted by Crippen LogP contribution is -2.53. The zero-order chi connectivity index (χ0) is 18.0. The van der Waals surface area contributed by atoms with Gasteiger partial charge >= 0.3 is 0 Å². The lowest BCUT2D eigenvalue weighted by Gasteiger charge is -2.38. The van der Waals surface area contributed by atoms with E-state index in [2.05, 4.69) is 15.5 Å². The molecule has 2 amide bonds. The summed E-state index contributed by atoms with van der Waals surface area (Å²) in [6, 6.07) is 7.15. The number of nitrogens with one attached hydrogen (secondary N) is 1. The van der Waals surface area contributed by atoms with Crippen molar-refractivity contribution in [2.24, 2.45) is 0 Å². The molecule has 1 aliphatic heterocycles. The molecule has 0 bridgehead atoms. The predicted molar refractivity (Wildman–Crippen MR) is 87.3 cm³/mol. The fraction of sp³-hybridized carbons (Fsp3) is 0.412. The molecule has 2 heterocycles. The van der Waals surface area contributed by atoms with Gasteiger partial charge in [-0.3, -0.25) is 9.59 Å². The van der Waals surface area contributed by atoms with E-state index in [1.807, 2.05) is 31.2 Å². The molecule has 8 heteroatoms. The van der Waals surface area contributed by atoms with Crippen molar-refractivity contribution in [3.05, 3.63) is 47.1 Å². The first-order valence-electron chi connectivity index (χ1n) is 7.97. The van der Waals surface area contributed by atoms with Crippen LogP contribution in [0.15, 0.2) is 28.8 Å². The summed E-state index contributed by atoms with van der Waals surface area (Å²) in [4.78, 5) is 30.4. The van der Waals surface area contributed by atoms with Gasteiger partial charge in [-0.05, 0) is 18.1 Å². The Morgan fingerprint density at radius 1 is 1.36 bits per heavy atom. The van der Waals surface area contributed by atoms with Crippen LogP contribution in [0.3, 0.4) is 0 Å². The first kappa shape index (κ1) is 17.1. The van der Waals surface area contributed by atoms with Crippen LogP contribution in [0.25, 0.3) is 0 Å². The first-order valence-corrected chi connectivity index (χ1v) is 7.97. The van der Waals surface area contributed by atoms with Crippen molar-refractivity contribution in [2.45, 2.75) is 32.5 Å². The maximum Gasteiger partial charge on any atom is 0.252 e. The average molecular weight is 344 g/mol.